The summed E-state index contributed by atoms with van der Waals surface area (Å²) in [6.45, 7) is 1.74. The maximum absolute atomic E-state index is 12.6. The summed E-state index contributed by atoms with van der Waals surface area (Å²) in [5.41, 5.74) is 3.93. The van der Waals surface area contributed by atoms with Crippen molar-refractivity contribution >= 4 is 21.8 Å². The summed E-state index contributed by atoms with van der Waals surface area (Å²) in [5.74, 6) is -0.856. The highest BCUT2D eigenvalue weighted by atomic mass is 32.2. The summed E-state index contributed by atoms with van der Waals surface area (Å²) < 4.78 is 25.9. The van der Waals surface area contributed by atoms with Crippen molar-refractivity contribution in [1.82, 2.24) is 9.62 Å². The molecule has 1 atom stereocenters. The van der Waals surface area contributed by atoms with E-state index in [4.69, 9.17) is 0 Å². The Morgan fingerprint density at radius 2 is 1.83 bits per heavy atom. The van der Waals surface area contributed by atoms with E-state index in [9.17, 15) is 18.0 Å². The largest absolute Gasteiger partial charge is 0.350 e. The maximum atomic E-state index is 12.6. The highest BCUT2D eigenvalue weighted by Gasteiger charge is 2.40. The molecule has 0 aromatic heterocycles. The van der Waals surface area contributed by atoms with Crippen LogP contribution < -0.4 is 5.32 Å². The molecule has 0 fully saturated rings. The van der Waals surface area contributed by atoms with Gasteiger partial charge in [-0.15, -0.1) is 0 Å². The van der Waals surface area contributed by atoms with Crippen molar-refractivity contribution in [1.29, 1.82) is 0 Å². The molecule has 0 spiro atoms. The van der Waals surface area contributed by atoms with Crippen molar-refractivity contribution in [3.8, 4) is 0 Å². The first-order valence-corrected chi connectivity index (χ1v) is 11.4. The van der Waals surface area contributed by atoms with Crippen LogP contribution in [0.25, 0.3) is 0 Å². The second-order valence-electron chi connectivity index (χ2n) is 7.65. The zero-order chi connectivity index (χ0) is 20.6. The van der Waals surface area contributed by atoms with Crippen LogP contribution in [0.1, 0.15) is 59.3 Å². The zero-order valence-corrected chi connectivity index (χ0v) is 17.2. The lowest BCUT2D eigenvalue weighted by Gasteiger charge is -2.20. The van der Waals surface area contributed by atoms with Crippen molar-refractivity contribution < 1.29 is 18.0 Å². The molecule has 0 saturated heterocycles. The van der Waals surface area contributed by atoms with E-state index in [2.05, 4.69) is 17.4 Å². The van der Waals surface area contributed by atoms with Crippen molar-refractivity contribution in [2.45, 2.75) is 50.0 Å². The van der Waals surface area contributed by atoms with Crippen LogP contribution in [0, 0.1) is 0 Å². The van der Waals surface area contributed by atoms with Crippen molar-refractivity contribution in [3.05, 3.63) is 64.7 Å². The van der Waals surface area contributed by atoms with Gasteiger partial charge in [-0.2, -0.15) is 0 Å². The van der Waals surface area contributed by atoms with Gasteiger partial charge in [0.25, 0.3) is 15.9 Å². The number of nitrogens with zero attached hydrogens (tertiary/aromatic N) is 1. The Bertz CT molecular complexity index is 1080. The first-order chi connectivity index (χ1) is 13.9. The molecule has 1 aliphatic carbocycles. The molecule has 7 heteroatoms. The molecule has 2 amide bonds. The Hall–Kier alpha value is -2.67. The molecule has 152 valence electrons. The first-order valence-electron chi connectivity index (χ1n) is 9.95. The predicted octanol–water partition coefficient (Wildman–Crippen LogP) is 2.98. The molecule has 0 radical (unpaired) electrons. The third-order valence-corrected chi connectivity index (χ3v) is 7.54. The number of hydrogen-bond acceptors (Lipinski definition) is 4. The molecule has 1 aliphatic heterocycles. The molecule has 4 rings (SSSR count). The lowest BCUT2D eigenvalue weighted by Crippen LogP contribution is -2.35. The number of rotatable bonds is 5. The van der Waals surface area contributed by atoms with Gasteiger partial charge in [0.05, 0.1) is 11.6 Å². The number of aryl methyl sites for hydroxylation is 2. The van der Waals surface area contributed by atoms with Crippen LogP contribution in [0.15, 0.2) is 47.4 Å². The summed E-state index contributed by atoms with van der Waals surface area (Å²) >= 11 is 0. The fourth-order valence-corrected chi connectivity index (χ4v) is 5.64. The second kappa shape index (κ2) is 7.63. The predicted molar refractivity (Wildman–Crippen MR) is 109 cm³/mol. The molecular formula is C22H24N2O4S. The van der Waals surface area contributed by atoms with Gasteiger partial charge in [0.15, 0.2) is 0 Å². The first kappa shape index (κ1) is 19.6. The Morgan fingerprint density at radius 3 is 2.59 bits per heavy atom. The summed E-state index contributed by atoms with van der Waals surface area (Å²) in [6, 6.07) is 12.3. The fraction of sp³-hybridized carbons (Fsp3) is 0.364. The lowest BCUT2D eigenvalue weighted by molar-refractivity contribution is -0.121. The van der Waals surface area contributed by atoms with Crippen LogP contribution in [0.3, 0.4) is 0 Å². The zero-order valence-electron chi connectivity index (χ0n) is 16.3. The number of hydrogen-bond donors (Lipinski definition) is 1. The molecule has 0 unspecified atom stereocenters. The fourth-order valence-electron chi connectivity index (χ4n) is 4.07. The van der Waals surface area contributed by atoms with Gasteiger partial charge in [-0.3, -0.25) is 9.59 Å². The van der Waals surface area contributed by atoms with Crippen LogP contribution in [-0.2, 0) is 27.7 Å². The maximum Gasteiger partial charge on any atom is 0.269 e. The number of nitrogens with one attached hydrogen (secondary N) is 1. The third kappa shape index (κ3) is 3.67. The summed E-state index contributed by atoms with van der Waals surface area (Å²) in [7, 11) is -3.88. The molecule has 1 heterocycles. The van der Waals surface area contributed by atoms with Gasteiger partial charge in [0.1, 0.15) is 4.90 Å². The molecule has 2 aromatic rings. The molecule has 0 bridgehead atoms. The second-order valence-corrected chi connectivity index (χ2v) is 9.48. The van der Waals surface area contributed by atoms with Gasteiger partial charge in [0, 0.05) is 13.0 Å². The van der Waals surface area contributed by atoms with E-state index in [1.807, 2.05) is 13.0 Å². The average molecular weight is 413 g/mol. The minimum atomic E-state index is -3.88. The molecule has 2 aromatic carbocycles. The van der Waals surface area contributed by atoms with E-state index < -0.39 is 15.9 Å². The average Bonchev–Trinajstić information content (AvgIpc) is 2.92. The Kier molecular flexibility index (Phi) is 5.17. The van der Waals surface area contributed by atoms with Crippen LogP contribution in [0.2, 0.25) is 0 Å². The van der Waals surface area contributed by atoms with E-state index >= 15 is 0 Å². The number of benzene rings is 2. The van der Waals surface area contributed by atoms with Crippen LogP contribution >= 0.6 is 0 Å². The van der Waals surface area contributed by atoms with E-state index in [0.717, 1.165) is 22.7 Å². The minimum absolute atomic E-state index is 0.00726. The number of carbonyl (C=O) groups excluding carboxylic acids is 2. The van der Waals surface area contributed by atoms with Crippen LogP contribution in [-0.4, -0.2) is 31.1 Å². The molecule has 6 nitrogen and oxygen atoms in total. The molecule has 1 N–H and O–H groups in total. The van der Waals surface area contributed by atoms with Crippen molar-refractivity contribution in [3.63, 3.8) is 0 Å². The number of sulfonamides is 1. The smallest absolute Gasteiger partial charge is 0.269 e. The van der Waals surface area contributed by atoms with Gasteiger partial charge in [-0.05, 0) is 61.4 Å². The Balaban J connectivity index is 1.39. The highest BCUT2D eigenvalue weighted by Crippen LogP contribution is 2.30. The van der Waals surface area contributed by atoms with Crippen molar-refractivity contribution in [2.24, 2.45) is 0 Å². The Morgan fingerprint density at radius 1 is 1.10 bits per heavy atom. The van der Waals surface area contributed by atoms with Gasteiger partial charge < -0.3 is 5.32 Å². The highest BCUT2D eigenvalue weighted by molar-refractivity contribution is 7.90. The number of amides is 2. The van der Waals surface area contributed by atoms with E-state index in [-0.39, 0.29) is 35.4 Å². The number of fused-ring (bicyclic) bond motifs is 2. The monoisotopic (exact) mass is 412 g/mol. The minimum Gasteiger partial charge on any atom is -0.350 e. The molecule has 0 saturated carbocycles. The normalized spacial score (nSPS) is 18.1. The van der Waals surface area contributed by atoms with Crippen LogP contribution in [0.4, 0.5) is 0 Å². The SMILES string of the molecule is C[C@H](NC(=O)CCN1C(=O)c2ccccc2S1(=O)=O)c1ccc2c(c1)CCCC2. The van der Waals surface area contributed by atoms with Gasteiger partial charge >= 0.3 is 0 Å². The van der Waals surface area contributed by atoms with E-state index in [1.54, 1.807) is 12.1 Å². The van der Waals surface area contributed by atoms with Gasteiger partial charge in [-0.25, -0.2) is 12.7 Å². The Labute approximate surface area is 171 Å². The van der Waals surface area contributed by atoms with Gasteiger partial charge in [-0.1, -0.05) is 30.3 Å². The van der Waals surface area contributed by atoms with E-state index in [0.29, 0.717) is 0 Å². The molecule has 2 aliphatic rings. The number of carbonyl (C=O) groups is 2. The van der Waals surface area contributed by atoms with Gasteiger partial charge in [0.2, 0.25) is 5.91 Å². The lowest BCUT2D eigenvalue weighted by atomic mass is 9.89. The quantitative estimate of drug-likeness (QED) is 0.818. The summed E-state index contributed by atoms with van der Waals surface area (Å²) in [5, 5.41) is 2.92. The summed E-state index contributed by atoms with van der Waals surface area (Å²) in [4.78, 5) is 24.8. The van der Waals surface area contributed by atoms with Crippen LogP contribution in [0.5, 0.6) is 0 Å². The topological polar surface area (TPSA) is 83.6 Å². The molecular weight excluding hydrogens is 388 g/mol. The standard InChI is InChI=1S/C22H24N2O4S/c1-15(17-11-10-16-6-2-3-7-18(16)14-17)23-21(25)12-13-24-22(26)19-8-4-5-9-20(19)29(24,27)28/h4-5,8-11,14-15H,2-3,6-7,12-13H2,1H3,(H,23,25)/t15-/m0/s1. The molecule has 29 heavy (non-hydrogen) atoms. The summed E-state index contributed by atoms with van der Waals surface area (Å²) in [6.07, 6.45) is 4.52. The third-order valence-electron chi connectivity index (χ3n) is 5.70. The van der Waals surface area contributed by atoms with Crippen molar-refractivity contribution in [2.75, 3.05) is 6.54 Å². The van der Waals surface area contributed by atoms with E-state index in [1.165, 1.54) is 36.1 Å².